The third-order valence-corrected chi connectivity index (χ3v) is 10.5. The van der Waals surface area contributed by atoms with Gasteiger partial charge >= 0.3 is 12.4 Å². The van der Waals surface area contributed by atoms with Crippen molar-refractivity contribution < 1.29 is 26.3 Å². The molecule has 0 saturated heterocycles. The van der Waals surface area contributed by atoms with Crippen molar-refractivity contribution >= 4 is 21.8 Å². The van der Waals surface area contributed by atoms with Gasteiger partial charge in [-0.15, -0.1) is 0 Å². The lowest BCUT2D eigenvalue weighted by Gasteiger charge is -2.22. The van der Waals surface area contributed by atoms with Gasteiger partial charge in [-0.1, -0.05) is 108 Å². The molecule has 0 spiro atoms. The Morgan fingerprint density at radius 2 is 0.831 bits per heavy atom. The van der Waals surface area contributed by atoms with Crippen LogP contribution in [-0.4, -0.2) is 14.5 Å². The standard InChI is InChI=1S/C50H33F6N3/c1-30-19-21-45-41(23-30)42-24-31(2)20-22-46(42)59(45)47-39(34-15-9-17-37(25-34)49(51,52)53)27-36(28-40(47)35-16-10-18-38(26-35)50(54,55)56)48-57-43(32-11-5-3-6-12-32)29-44(58-48)33-13-7-4-8-14-33/h3-29H,1-2H3. The van der Waals surface area contributed by atoms with E-state index in [9.17, 15) is 26.3 Å². The van der Waals surface area contributed by atoms with Crippen molar-refractivity contribution in [3.05, 3.63) is 186 Å². The molecule has 0 amide bonds. The molecule has 0 fully saturated rings. The maximum absolute atomic E-state index is 14.5. The van der Waals surface area contributed by atoms with E-state index in [1.807, 2.05) is 122 Å². The fourth-order valence-electron chi connectivity index (χ4n) is 7.75. The molecule has 0 saturated carbocycles. The fourth-order valence-corrected chi connectivity index (χ4v) is 7.75. The second-order valence-electron chi connectivity index (χ2n) is 14.6. The quantitative estimate of drug-likeness (QED) is 0.157. The van der Waals surface area contributed by atoms with Gasteiger partial charge in [0.2, 0.25) is 0 Å². The Labute approximate surface area is 335 Å². The van der Waals surface area contributed by atoms with Gasteiger partial charge in [0.05, 0.1) is 39.2 Å². The topological polar surface area (TPSA) is 30.7 Å². The van der Waals surface area contributed by atoms with E-state index in [0.717, 1.165) is 68.3 Å². The first-order valence-electron chi connectivity index (χ1n) is 18.9. The summed E-state index contributed by atoms with van der Waals surface area (Å²) in [5, 5.41) is 1.79. The minimum absolute atomic E-state index is 0.210. The first kappa shape index (κ1) is 37.6. The van der Waals surface area contributed by atoms with Gasteiger partial charge in [0.25, 0.3) is 0 Å². The average molecular weight is 790 g/mol. The highest BCUT2D eigenvalue weighted by molar-refractivity contribution is 6.11. The van der Waals surface area contributed by atoms with Crippen LogP contribution < -0.4 is 0 Å². The molecule has 9 heteroatoms. The van der Waals surface area contributed by atoms with Crippen molar-refractivity contribution in [3.63, 3.8) is 0 Å². The molecule has 2 aromatic heterocycles. The van der Waals surface area contributed by atoms with Crippen LogP contribution in [0.5, 0.6) is 0 Å². The molecule has 0 N–H and O–H groups in total. The van der Waals surface area contributed by atoms with E-state index < -0.39 is 23.5 Å². The third-order valence-electron chi connectivity index (χ3n) is 10.5. The minimum atomic E-state index is -4.67. The fraction of sp³-hybridized carbons (Fsp3) is 0.0800. The summed E-state index contributed by atoms with van der Waals surface area (Å²) in [6.45, 7) is 3.95. The number of benzene rings is 7. The van der Waals surface area contributed by atoms with E-state index in [1.54, 1.807) is 24.3 Å². The highest BCUT2D eigenvalue weighted by Crippen LogP contribution is 2.46. The van der Waals surface area contributed by atoms with Crippen molar-refractivity contribution in [2.75, 3.05) is 0 Å². The lowest BCUT2D eigenvalue weighted by molar-refractivity contribution is -0.138. The van der Waals surface area contributed by atoms with Crippen LogP contribution in [0.25, 0.3) is 83.6 Å². The molecule has 9 rings (SSSR count). The van der Waals surface area contributed by atoms with Gasteiger partial charge in [-0.3, -0.25) is 0 Å². The number of aryl methyl sites for hydroxylation is 2. The number of hydrogen-bond donors (Lipinski definition) is 0. The molecular weight excluding hydrogens is 757 g/mol. The Hall–Kier alpha value is -7.00. The summed E-state index contributed by atoms with van der Waals surface area (Å²) in [4.78, 5) is 10.0. The number of alkyl halides is 6. The SMILES string of the molecule is Cc1ccc2c(c1)c1cc(C)ccc1n2-c1c(-c2cccc(C(F)(F)F)c2)cc(-c2nc(-c3ccccc3)cc(-c3ccccc3)n2)cc1-c1cccc(C(F)(F)F)c1. The molecule has 0 aliphatic carbocycles. The van der Waals surface area contributed by atoms with Crippen LogP contribution in [0.3, 0.4) is 0 Å². The van der Waals surface area contributed by atoms with Crippen LogP contribution in [0.15, 0.2) is 164 Å². The molecule has 59 heavy (non-hydrogen) atoms. The summed E-state index contributed by atoms with van der Waals surface area (Å²) < 4.78 is 88.8. The zero-order valence-electron chi connectivity index (χ0n) is 31.7. The lowest BCUT2D eigenvalue weighted by Crippen LogP contribution is -2.07. The van der Waals surface area contributed by atoms with Crippen LogP contribution in [0.1, 0.15) is 22.3 Å². The first-order valence-corrected chi connectivity index (χ1v) is 18.9. The molecule has 0 atom stereocenters. The number of nitrogens with zero attached hydrogens (tertiary/aromatic N) is 3. The Morgan fingerprint density at radius 3 is 1.25 bits per heavy atom. The molecule has 0 aliphatic heterocycles. The third kappa shape index (κ3) is 7.14. The highest BCUT2D eigenvalue weighted by atomic mass is 19.4. The largest absolute Gasteiger partial charge is 0.416 e. The van der Waals surface area contributed by atoms with Crippen molar-refractivity contribution in [1.82, 2.24) is 14.5 Å². The van der Waals surface area contributed by atoms with Crippen molar-refractivity contribution in [1.29, 1.82) is 0 Å². The normalized spacial score (nSPS) is 12.1. The summed E-state index contributed by atoms with van der Waals surface area (Å²) >= 11 is 0. The Morgan fingerprint density at radius 1 is 0.407 bits per heavy atom. The molecule has 0 unspecified atom stereocenters. The summed E-state index contributed by atoms with van der Waals surface area (Å²) in [5.41, 5.74) is 6.42. The molecular formula is C50H33F6N3. The predicted molar refractivity (Wildman–Crippen MR) is 223 cm³/mol. The Balaban J connectivity index is 1.45. The zero-order chi connectivity index (χ0) is 41.1. The molecule has 0 radical (unpaired) electrons. The van der Waals surface area contributed by atoms with Gasteiger partial charge in [-0.25, -0.2) is 9.97 Å². The summed E-state index contributed by atoms with van der Waals surface area (Å²) in [6, 6.07) is 46.3. The van der Waals surface area contributed by atoms with Gasteiger partial charge in [0.15, 0.2) is 5.82 Å². The van der Waals surface area contributed by atoms with Gasteiger partial charge < -0.3 is 4.57 Å². The van der Waals surface area contributed by atoms with Crippen molar-refractivity contribution in [2.24, 2.45) is 0 Å². The number of rotatable bonds is 6. The van der Waals surface area contributed by atoms with Crippen LogP contribution in [0, 0.1) is 13.8 Å². The number of aromatic nitrogens is 3. The molecule has 290 valence electrons. The van der Waals surface area contributed by atoms with Crippen molar-refractivity contribution in [3.8, 4) is 61.8 Å². The van der Waals surface area contributed by atoms with Crippen molar-refractivity contribution in [2.45, 2.75) is 26.2 Å². The molecule has 0 aliphatic rings. The molecule has 9 aromatic rings. The summed E-state index contributed by atoms with van der Waals surface area (Å²) in [7, 11) is 0. The van der Waals surface area contributed by atoms with E-state index in [1.165, 1.54) is 12.1 Å². The highest BCUT2D eigenvalue weighted by Gasteiger charge is 2.33. The van der Waals surface area contributed by atoms with Crippen LogP contribution in [-0.2, 0) is 12.4 Å². The molecule has 2 heterocycles. The van der Waals surface area contributed by atoms with E-state index >= 15 is 0 Å². The second-order valence-corrected chi connectivity index (χ2v) is 14.6. The van der Waals surface area contributed by atoms with Gasteiger partial charge in [-0.2, -0.15) is 26.3 Å². The number of hydrogen-bond acceptors (Lipinski definition) is 2. The molecule has 3 nitrogen and oxygen atoms in total. The second kappa shape index (κ2) is 14.4. The number of fused-ring (bicyclic) bond motifs is 3. The van der Waals surface area contributed by atoms with E-state index in [2.05, 4.69) is 0 Å². The van der Waals surface area contributed by atoms with Gasteiger partial charge in [0.1, 0.15) is 0 Å². The maximum atomic E-state index is 14.5. The van der Waals surface area contributed by atoms with Crippen LogP contribution in [0.4, 0.5) is 26.3 Å². The van der Waals surface area contributed by atoms with E-state index in [-0.39, 0.29) is 17.0 Å². The smallest absolute Gasteiger partial charge is 0.308 e. The average Bonchev–Trinajstić information content (AvgIpc) is 3.55. The van der Waals surface area contributed by atoms with Crippen LogP contribution >= 0.6 is 0 Å². The summed E-state index contributed by atoms with van der Waals surface area (Å²) in [5.74, 6) is 0.242. The van der Waals surface area contributed by atoms with Gasteiger partial charge in [0, 0.05) is 38.6 Å². The maximum Gasteiger partial charge on any atom is 0.416 e. The molecule has 7 aromatic carbocycles. The monoisotopic (exact) mass is 789 g/mol. The lowest BCUT2D eigenvalue weighted by atomic mass is 9.91. The Bertz CT molecular complexity index is 2840. The van der Waals surface area contributed by atoms with Gasteiger partial charge in [-0.05, 0) is 91.7 Å². The predicted octanol–water partition coefficient (Wildman–Crippen LogP) is 14.6. The molecule has 0 bridgehead atoms. The van der Waals surface area contributed by atoms with E-state index in [0.29, 0.717) is 33.8 Å². The number of halogens is 6. The van der Waals surface area contributed by atoms with Crippen LogP contribution in [0.2, 0.25) is 0 Å². The van der Waals surface area contributed by atoms with E-state index in [4.69, 9.17) is 9.97 Å². The minimum Gasteiger partial charge on any atom is -0.308 e. The zero-order valence-corrected chi connectivity index (χ0v) is 31.7. The first-order chi connectivity index (χ1) is 28.3. The Kier molecular flexibility index (Phi) is 9.19. The summed E-state index contributed by atoms with van der Waals surface area (Å²) in [6.07, 6.45) is -9.34.